The number of hydrogen-bond donors (Lipinski definition) is 3. The van der Waals surface area contributed by atoms with Crippen LogP contribution in [0.25, 0.3) is 0 Å². The molecule has 0 spiro atoms. The number of imide groups is 1. The Labute approximate surface area is 349 Å². The van der Waals surface area contributed by atoms with Crippen LogP contribution >= 0.6 is 11.6 Å². The molecule has 12 nitrogen and oxygen atoms in total. The summed E-state index contributed by atoms with van der Waals surface area (Å²) in [4.78, 5) is 56.3. The molecule has 0 unspecified atom stereocenters. The number of nitrogens with zero attached hydrogens (tertiary/aromatic N) is 4. The van der Waals surface area contributed by atoms with Crippen molar-refractivity contribution in [1.29, 1.82) is 5.26 Å². The van der Waals surface area contributed by atoms with Gasteiger partial charge in [-0.1, -0.05) is 70.3 Å². The van der Waals surface area contributed by atoms with Crippen LogP contribution in [0.15, 0.2) is 54.6 Å². The Morgan fingerprint density at radius 1 is 1.00 bits per heavy atom. The summed E-state index contributed by atoms with van der Waals surface area (Å²) in [6.07, 6.45) is 3.39. The van der Waals surface area contributed by atoms with E-state index in [2.05, 4.69) is 49.3 Å². The van der Waals surface area contributed by atoms with Gasteiger partial charge in [-0.05, 0) is 68.1 Å². The smallest absolute Gasteiger partial charge is 0.257 e. The molecule has 0 aromatic heterocycles. The first-order valence-corrected chi connectivity index (χ1v) is 20.9. The molecular formula is C45H52ClFN6O6. The lowest BCUT2D eigenvalue weighted by atomic mass is 9.49. The molecular weight excluding hydrogens is 775 g/mol. The van der Waals surface area contributed by atoms with Gasteiger partial charge in [-0.2, -0.15) is 5.26 Å². The molecule has 3 fully saturated rings. The lowest BCUT2D eigenvalue weighted by Crippen LogP contribution is -2.74. The number of piperidine rings is 1. The number of hydrogen-bond acceptors (Lipinski definition) is 9. The zero-order chi connectivity index (χ0) is 42.2. The summed E-state index contributed by atoms with van der Waals surface area (Å²) in [5.41, 5.74) is 1.98. The average molecular weight is 827 g/mol. The van der Waals surface area contributed by atoms with Crippen LogP contribution in [0.4, 0.5) is 10.1 Å². The fourth-order valence-corrected chi connectivity index (χ4v) is 10.1. The maximum atomic E-state index is 15.4. The van der Waals surface area contributed by atoms with Crippen molar-refractivity contribution in [1.82, 2.24) is 20.4 Å². The van der Waals surface area contributed by atoms with Gasteiger partial charge in [-0.15, -0.1) is 0 Å². The predicted octanol–water partition coefficient (Wildman–Crippen LogP) is 6.14. The zero-order valence-electron chi connectivity index (χ0n) is 34.0. The van der Waals surface area contributed by atoms with E-state index in [1.165, 1.54) is 6.07 Å². The first-order chi connectivity index (χ1) is 28.1. The normalized spacial score (nSPS) is 23.6. The molecule has 0 bridgehead atoms. The quantitative estimate of drug-likeness (QED) is 0.136. The minimum Gasteiger partial charge on any atom is -0.489 e. The average Bonchev–Trinajstić information content (AvgIpc) is 3.44. The highest BCUT2D eigenvalue weighted by Crippen LogP contribution is 2.55. The van der Waals surface area contributed by atoms with E-state index in [0.717, 1.165) is 68.3 Å². The van der Waals surface area contributed by atoms with Gasteiger partial charge in [0, 0.05) is 66.7 Å². The number of fused-ring (bicyclic) bond motifs is 1. The number of nitriles is 1. The van der Waals surface area contributed by atoms with Gasteiger partial charge in [0.15, 0.2) is 6.23 Å². The number of aliphatic hydroxyl groups is 1. The summed E-state index contributed by atoms with van der Waals surface area (Å²) in [6.45, 7) is 12.0. The number of benzene rings is 3. The van der Waals surface area contributed by atoms with E-state index >= 15 is 4.39 Å². The molecule has 7 rings (SSSR count). The van der Waals surface area contributed by atoms with Crippen molar-refractivity contribution in [3.63, 3.8) is 0 Å². The number of carbonyl (C=O) groups is 4. The molecule has 3 heterocycles. The third kappa shape index (κ3) is 8.27. The number of rotatable bonds is 13. The summed E-state index contributed by atoms with van der Waals surface area (Å²) in [5, 5.41) is 26.2. The van der Waals surface area contributed by atoms with Crippen molar-refractivity contribution in [2.75, 3.05) is 37.6 Å². The lowest BCUT2D eigenvalue weighted by molar-refractivity contribution is -0.164. The predicted molar refractivity (Wildman–Crippen MR) is 220 cm³/mol. The van der Waals surface area contributed by atoms with E-state index in [9.17, 15) is 29.5 Å². The van der Waals surface area contributed by atoms with Gasteiger partial charge in [0.2, 0.25) is 11.8 Å². The second-order valence-corrected chi connectivity index (χ2v) is 17.8. The molecule has 1 aliphatic carbocycles. The van der Waals surface area contributed by atoms with Crippen molar-refractivity contribution in [2.24, 2.45) is 10.8 Å². The van der Waals surface area contributed by atoms with E-state index < -0.39 is 35.8 Å². The van der Waals surface area contributed by atoms with Gasteiger partial charge in [-0.25, -0.2) is 4.39 Å². The highest BCUT2D eigenvalue weighted by atomic mass is 35.5. The highest BCUT2D eigenvalue weighted by Gasteiger charge is 2.64. The summed E-state index contributed by atoms with van der Waals surface area (Å²) >= 11 is 6.26. The molecule has 4 amide bonds. The van der Waals surface area contributed by atoms with Gasteiger partial charge in [0.1, 0.15) is 29.8 Å². The maximum absolute atomic E-state index is 15.4. The molecule has 2 atom stereocenters. The molecule has 0 radical (unpaired) electrons. The summed E-state index contributed by atoms with van der Waals surface area (Å²) < 4.78 is 21.8. The van der Waals surface area contributed by atoms with Gasteiger partial charge in [0.25, 0.3) is 11.8 Å². The number of nitrogens with one attached hydrogen (secondary N) is 2. The molecule has 3 aromatic carbocycles. The summed E-state index contributed by atoms with van der Waals surface area (Å²) in [6, 6.07) is 16.5. The Morgan fingerprint density at radius 3 is 2.41 bits per heavy atom. The largest absolute Gasteiger partial charge is 0.489 e. The van der Waals surface area contributed by atoms with Crippen molar-refractivity contribution in [2.45, 2.75) is 97.1 Å². The number of aryl methyl sites for hydroxylation is 1. The van der Waals surface area contributed by atoms with Crippen molar-refractivity contribution >= 4 is 40.9 Å². The number of amides is 4. The summed E-state index contributed by atoms with van der Waals surface area (Å²) in [7, 11) is 0. The van der Waals surface area contributed by atoms with E-state index in [1.54, 1.807) is 18.2 Å². The number of unbranched alkanes of at least 4 members (excludes halogenated alkanes) is 3. The molecule has 3 aliphatic heterocycles. The van der Waals surface area contributed by atoms with Gasteiger partial charge in [0.05, 0.1) is 21.8 Å². The van der Waals surface area contributed by atoms with Crippen LogP contribution in [0.2, 0.25) is 5.02 Å². The van der Waals surface area contributed by atoms with Crippen LogP contribution in [0.5, 0.6) is 5.75 Å². The molecule has 3 aromatic rings. The van der Waals surface area contributed by atoms with Gasteiger partial charge >= 0.3 is 0 Å². The van der Waals surface area contributed by atoms with E-state index in [0.29, 0.717) is 40.7 Å². The van der Waals surface area contributed by atoms with Crippen LogP contribution in [0.1, 0.15) is 110 Å². The highest BCUT2D eigenvalue weighted by molar-refractivity contribution is 6.31. The molecule has 312 valence electrons. The van der Waals surface area contributed by atoms with Crippen LogP contribution < -0.4 is 20.3 Å². The molecule has 1 saturated carbocycles. The number of carbonyl (C=O) groups excluding carboxylic acids is 4. The Kier molecular flexibility index (Phi) is 12.1. The first-order valence-electron chi connectivity index (χ1n) is 20.5. The van der Waals surface area contributed by atoms with Crippen LogP contribution in [0, 0.1) is 28.0 Å². The standard InChI is InChI=1S/C45H52ClFN6O6/c1-44(2)42(45(3,4)43(44)59-29-15-14-28(26-48)33(46)23-29)50-38(55)30-13-9-8-12-27(30)11-7-5-6-10-18-51-19-21-52(22-20-51)36-25-32-31(24-34(36)47)40(57)53(41(32)58)35-16-17-37(54)49-39(35)56/h8-9,12-15,23-25,35,41-43,58H,5-7,10-11,16-22H2,1-4H3,(H,50,55)(H,49,54,56)/t35-,41-,42?,43?/m1/s1. The Balaban J connectivity index is 0.849. The van der Waals surface area contributed by atoms with Crippen LogP contribution in [-0.2, 0) is 16.0 Å². The SMILES string of the molecule is CC1(C)C(NC(=O)c2ccccc2CCCCCCN2CCN(c3cc4c(cc3F)C(=O)N([C@@H]3CCC(=O)NC3=O)[C@@H]4O)CC2)C(C)(C)C1Oc1ccc(C#N)c(Cl)c1. The number of anilines is 1. The second kappa shape index (κ2) is 16.9. The van der Waals surface area contributed by atoms with Crippen molar-refractivity contribution < 1.29 is 33.4 Å². The third-order valence-electron chi connectivity index (χ3n) is 12.7. The molecule has 2 saturated heterocycles. The Morgan fingerprint density at radius 2 is 1.71 bits per heavy atom. The van der Waals surface area contributed by atoms with Crippen LogP contribution in [-0.4, -0.2) is 89.4 Å². The first kappa shape index (κ1) is 42.1. The fourth-order valence-electron chi connectivity index (χ4n) is 9.86. The van der Waals surface area contributed by atoms with E-state index in [-0.39, 0.29) is 52.9 Å². The minimum absolute atomic E-state index is 0.0315. The zero-order valence-corrected chi connectivity index (χ0v) is 34.8. The minimum atomic E-state index is -1.41. The fraction of sp³-hybridized carbons (Fsp3) is 0.489. The van der Waals surface area contributed by atoms with Gasteiger partial charge in [-0.3, -0.25) is 34.3 Å². The Bertz CT molecular complexity index is 2170. The number of halogens is 2. The number of ether oxygens (including phenoxy) is 1. The lowest BCUT2D eigenvalue weighted by Gasteiger charge is -2.63. The van der Waals surface area contributed by atoms with E-state index in [4.69, 9.17) is 16.3 Å². The summed E-state index contributed by atoms with van der Waals surface area (Å²) in [5.74, 6) is -1.75. The van der Waals surface area contributed by atoms with Crippen molar-refractivity contribution in [3.8, 4) is 11.8 Å². The number of aliphatic hydroxyl groups excluding tert-OH is 1. The monoisotopic (exact) mass is 826 g/mol. The van der Waals surface area contributed by atoms with Crippen molar-refractivity contribution in [3.05, 3.63) is 93.3 Å². The molecule has 14 heteroatoms. The molecule has 59 heavy (non-hydrogen) atoms. The van der Waals surface area contributed by atoms with E-state index in [1.807, 2.05) is 29.2 Å². The van der Waals surface area contributed by atoms with Crippen LogP contribution in [0.3, 0.4) is 0 Å². The van der Waals surface area contributed by atoms with Gasteiger partial charge < -0.3 is 20.1 Å². The molecule has 3 N–H and O–H groups in total. The molecule has 4 aliphatic rings. The number of piperazine rings is 1. The maximum Gasteiger partial charge on any atom is 0.257 e. The Hall–Kier alpha value is -5.03. The second-order valence-electron chi connectivity index (χ2n) is 17.4. The topological polar surface area (TPSA) is 155 Å². The third-order valence-corrected chi connectivity index (χ3v) is 13.1.